The number of aromatic nitrogens is 4. The number of nitriles is 2. The fourth-order valence-corrected chi connectivity index (χ4v) is 4.76. The Kier molecular flexibility index (Phi) is 6.93. The fourth-order valence-electron chi connectivity index (χ4n) is 4.50. The largest absolute Gasteiger partial charge is 0.378 e. The van der Waals surface area contributed by atoms with E-state index in [1.807, 2.05) is 6.07 Å². The van der Waals surface area contributed by atoms with Crippen molar-refractivity contribution in [2.75, 3.05) is 54.9 Å². The molecule has 2 aromatic heterocycles. The van der Waals surface area contributed by atoms with Gasteiger partial charge in [0.15, 0.2) is 5.65 Å². The van der Waals surface area contributed by atoms with E-state index >= 15 is 0 Å². The van der Waals surface area contributed by atoms with Gasteiger partial charge in [-0.25, -0.2) is 8.78 Å². The zero-order chi connectivity index (χ0) is 26.1. The molecule has 0 bridgehead atoms. The van der Waals surface area contributed by atoms with Gasteiger partial charge in [-0.3, -0.25) is 4.90 Å². The Labute approximate surface area is 216 Å². The van der Waals surface area contributed by atoms with Gasteiger partial charge in [0.1, 0.15) is 11.6 Å². The maximum atomic E-state index is 12.9. The molecule has 5 rings (SSSR count). The monoisotopic (exact) mass is 528 g/mol. The van der Waals surface area contributed by atoms with Crippen LogP contribution in [0.4, 0.5) is 32.1 Å². The van der Waals surface area contributed by atoms with Crippen molar-refractivity contribution in [1.29, 1.82) is 10.5 Å². The molecule has 4 heterocycles. The molecule has 11 nitrogen and oxygen atoms in total. The molecule has 2 N–H and O–H groups in total. The van der Waals surface area contributed by atoms with Crippen LogP contribution in [0.1, 0.15) is 18.1 Å². The second kappa shape index (κ2) is 10.3. The molecule has 2 saturated heterocycles. The first-order valence-electron chi connectivity index (χ1n) is 11.6. The molecule has 0 amide bonds. The molecule has 37 heavy (non-hydrogen) atoms. The lowest BCUT2D eigenvalue weighted by atomic mass is 10.1. The van der Waals surface area contributed by atoms with Crippen LogP contribution in [-0.4, -0.2) is 82.4 Å². The highest BCUT2D eigenvalue weighted by atomic mass is 35.5. The number of piperazine rings is 1. The fraction of sp³-hybridized carbons (Fsp3) is 0.435. The zero-order valence-electron chi connectivity index (χ0n) is 19.8. The number of nitrogens with one attached hydrogen (secondary N) is 2. The maximum absolute atomic E-state index is 12.9. The SMILES string of the molecule is C[C@H]1CN(C2COC2)CCN1c1cc(C#N)cc(Nc2nc(NCC(F)F)n3ncc(C#N)c3n2)c1Cl. The van der Waals surface area contributed by atoms with E-state index in [4.69, 9.17) is 16.3 Å². The Balaban J connectivity index is 1.47. The molecule has 3 aromatic rings. The van der Waals surface area contributed by atoms with Gasteiger partial charge in [0.05, 0.1) is 60.0 Å². The van der Waals surface area contributed by atoms with Crippen molar-refractivity contribution in [2.45, 2.75) is 25.4 Å². The molecule has 0 aliphatic carbocycles. The summed E-state index contributed by atoms with van der Waals surface area (Å²) in [5.41, 5.74) is 1.73. The summed E-state index contributed by atoms with van der Waals surface area (Å²) in [4.78, 5) is 13.2. The third-order valence-corrected chi connectivity index (χ3v) is 6.83. The predicted octanol–water partition coefficient (Wildman–Crippen LogP) is 2.85. The van der Waals surface area contributed by atoms with Crippen LogP contribution in [0.2, 0.25) is 5.02 Å². The number of nitrogens with zero attached hydrogens (tertiary/aromatic N) is 8. The van der Waals surface area contributed by atoms with Gasteiger partial charge in [-0.2, -0.15) is 30.1 Å². The van der Waals surface area contributed by atoms with E-state index in [2.05, 4.69) is 48.5 Å². The number of ether oxygens (including phenoxy) is 1. The highest BCUT2D eigenvalue weighted by molar-refractivity contribution is 6.36. The molecule has 2 aliphatic heterocycles. The van der Waals surface area contributed by atoms with Gasteiger partial charge >= 0.3 is 0 Å². The standard InChI is InChI=1S/C23H23ClF2N10O/c1-13-10-34(16-11-37-12-16)2-3-35(13)18-5-14(6-27)4-17(20(18)24)31-22-32-21-15(7-28)8-30-36(21)23(33-22)29-9-19(25)26/h4-5,8,13,16,19H,2-3,9-12H2,1H3,(H2,29,31,32,33)/t13-/m0/s1. The average molecular weight is 529 g/mol. The van der Waals surface area contributed by atoms with Crippen LogP contribution in [0.3, 0.4) is 0 Å². The highest BCUT2D eigenvalue weighted by Gasteiger charge is 2.33. The van der Waals surface area contributed by atoms with Crippen molar-refractivity contribution in [2.24, 2.45) is 0 Å². The summed E-state index contributed by atoms with van der Waals surface area (Å²) in [6.07, 6.45) is -1.35. The summed E-state index contributed by atoms with van der Waals surface area (Å²) in [5.74, 6) is -0.0149. The minimum atomic E-state index is -2.63. The molecule has 1 aromatic carbocycles. The van der Waals surface area contributed by atoms with Crippen LogP contribution < -0.4 is 15.5 Å². The van der Waals surface area contributed by atoms with Crippen molar-refractivity contribution < 1.29 is 13.5 Å². The summed E-state index contributed by atoms with van der Waals surface area (Å²) in [6, 6.07) is 8.02. The lowest BCUT2D eigenvalue weighted by molar-refractivity contribution is -0.0691. The van der Waals surface area contributed by atoms with E-state index in [0.29, 0.717) is 28.0 Å². The summed E-state index contributed by atoms with van der Waals surface area (Å²) in [7, 11) is 0. The molecule has 2 aliphatic rings. The van der Waals surface area contributed by atoms with Crippen LogP contribution in [0, 0.1) is 22.7 Å². The average Bonchev–Trinajstić information content (AvgIpc) is 3.26. The predicted molar refractivity (Wildman–Crippen MR) is 132 cm³/mol. The topological polar surface area (TPSA) is 130 Å². The third-order valence-electron chi connectivity index (χ3n) is 6.44. The third kappa shape index (κ3) is 4.93. The van der Waals surface area contributed by atoms with E-state index in [1.54, 1.807) is 12.1 Å². The van der Waals surface area contributed by atoms with Crippen LogP contribution >= 0.6 is 11.6 Å². The lowest BCUT2D eigenvalue weighted by Crippen LogP contribution is -2.59. The lowest BCUT2D eigenvalue weighted by Gasteiger charge is -2.46. The molecule has 2 fully saturated rings. The second-order valence-electron chi connectivity index (χ2n) is 8.87. The van der Waals surface area contributed by atoms with Crippen LogP contribution in [-0.2, 0) is 4.74 Å². The van der Waals surface area contributed by atoms with Gasteiger partial charge in [-0.15, -0.1) is 0 Å². The Morgan fingerprint density at radius 3 is 2.68 bits per heavy atom. The molecule has 0 unspecified atom stereocenters. The number of alkyl halides is 2. The van der Waals surface area contributed by atoms with Crippen molar-refractivity contribution in [3.05, 3.63) is 34.5 Å². The molecule has 0 radical (unpaired) electrons. The van der Waals surface area contributed by atoms with Gasteiger partial charge in [0, 0.05) is 25.7 Å². The van der Waals surface area contributed by atoms with Gasteiger partial charge in [0.25, 0.3) is 6.43 Å². The summed E-state index contributed by atoms with van der Waals surface area (Å²) >= 11 is 6.83. The molecule has 0 saturated carbocycles. The quantitative estimate of drug-likeness (QED) is 0.472. The summed E-state index contributed by atoms with van der Waals surface area (Å²) < 4.78 is 32.2. The van der Waals surface area contributed by atoms with E-state index in [0.717, 1.165) is 32.8 Å². The van der Waals surface area contributed by atoms with Gasteiger partial charge in [-0.05, 0) is 19.1 Å². The maximum Gasteiger partial charge on any atom is 0.255 e. The number of hydrogen-bond donors (Lipinski definition) is 2. The van der Waals surface area contributed by atoms with Crippen molar-refractivity contribution in [3.8, 4) is 12.1 Å². The normalized spacial score (nSPS) is 18.5. The first-order valence-corrected chi connectivity index (χ1v) is 12.0. The Morgan fingerprint density at radius 2 is 2.03 bits per heavy atom. The van der Waals surface area contributed by atoms with E-state index < -0.39 is 13.0 Å². The molecular formula is C23H23ClF2N10O. The number of halogens is 3. The van der Waals surface area contributed by atoms with Gasteiger partial charge in [-0.1, -0.05) is 11.6 Å². The number of fused-ring (bicyclic) bond motifs is 1. The smallest absolute Gasteiger partial charge is 0.255 e. The first kappa shape index (κ1) is 24.9. The summed E-state index contributed by atoms with van der Waals surface area (Å²) in [6.45, 7) is 5.32. The second-order valence-corrected chi connectivity index (χ2v) is 9.25. The molecule has 192 valence electrons. The molecular weight excluding hydrogens is 506 g/mol. The van der Waals surface area contributed by atoms with Crippen LogP contribution in [0.5, 0.6) is 0 Å². The minimum Gasteiger partial charge on any atom is -0.378 e. The number of anilines is 4. The zero-order valence-corrected chi connectivity index (χ0v) is 20.6. The van der Waals surface area contributed by atoms with E-state index in [-0.39, 0.29) is 29.1 Å². The number of hydrogen-bond acceptors (Lipinski definition) is 10. The first-order chi connectivity index (χ1) is 17.9. The summed E-state index contributed by atoms with van der Waals surface area (Å²) in [5, 5.41) is 29.0. The molecule has 0 spiro atoms. The van der Waals surface area contributed by atoms with Crippen molar-refractivity contribution in [1.82, 2.24) is 24.5 Å². The van der Waals surface area contributed by atoms with Crippen LogP contribution in [0.25, 0.3) is 5.65 Å². The minimum absolute atomic E-state index is 0.00653. The van der Waals surface area contributed by atoms with E-state index in [9.17, 15) is 19.3 Å². The van der Waals surface area contributed by atoms with E-state index in [1.165, 1.54) is 10.7 Å². The Bertz CT molecular complexity index is 1400. The molecule has 14 heteroatoms. The number of rotatable bonds is 7. The highest BCUT2D eigenvalue weighted by Crippen LogP contribution is 2.38. The van der Waals surface area contributed by atoms with Gasteiger partial charge < -0.3 is 20.3 Å². The van der Waals surface area contributed by atoms with Crippen molar-refractivity contribution >= 4 is 40.5 Å². The van der Waals surface area contributed by atoms with Gasteiger partial charge in [0.2, 0.25) is 11.9 Å². The van der Waals surface area contributed by atoms with Crippen LogP contribution in [0.15, 0.2) is 18.3 Å². The number of benzene rings is 1. The Hall–Kier alpha value is -3.78. The van der Waals surface area contributed by atoms with Crippen molar-refractivity contribution in [3.63, 3.8) is 0 Å². The molecule has 1 atom stereocenters. The Morgan fingerprint density at radius 1 is 1.22 bits per heavy atom.